The Morgan fingerprint density at radius 2 is 1.72 bits per heavy atom. The number of carbonyl (C=O) groups excluding carboxylic acids is 1. The summed E-state index contributed by atoms with van der Waals surface area (Å²) in [6.45, 7) is 3.77. The van der Waals surface area contributed by atoms with E-state index in [-0.39, 0.29) is 11.9 Å². The zero-order chi connectivity index (χ0) is 18.0. The molecule has 2 aromatic carbocycles. The van der Waals surface area contributed by atoms with Crippen LogP contribution in [-0.2, 0) is 0 Å². The lowest BCUT2D eigenvalue weighted by Gasteiger charge is -2.15. The lowest BCUT2D eigenvalue weighted by Crippen LogP contribution is -2.26. The quantitative estimate of drug-likeness (QED) is 0.755. The summed E-state index contributed by atoms with van der Waals surface area (Å²) in [5.41, 5.74) is 2.13. The highest BCUT2D eigenvalue weighted by Crippen LogP contribution is 2.30. The van der Waals surface area contributed by atoms with E-state index in [1.54, 1.807) is 26.4 Å². The molecule has 0 aliphatic heterocycles. The summed E-state index contributed by atoms with van der Waals surface area (Å²) in [6.07, 6.45) is 0. The van der Waals surface area contributed by atoms with Gasteiger partial charge in [-0.15, -0.1) is 0 Å². The average Bonchev–Trinajstić information content (AvgIpc) is 3.06. The standard InChI is InChI=1S/C20H21NO4/c1-12-17(23-3)10-15(11-18(12)24-4)20(22)21-13(2)19-9-14-7-5-6-8-16(14)25-19/h5-11,13H,1-4H3,(H,21,22)/t13-/m0/s1. The minimum absolute atomic E-state index is 0.218. The van der Waals surface area contributed by atoms with Crippen LogP contribution in [0.5, 0.6) is 11.5 Å². The summed E-state index contributed by atoms with van der Waals surface area (Å²) < 4.78 is 16.5. The van der Waals surface area contributed by atoms with Crippen molar-refractivity contribution in [2.75, 3.05) is 14.2 Å². The minimum atomic E-state index is -0.266. The highest BCUT2D eigenvalue weighted by Gasteiger charge is 2.18. The minimum Gasteiger partial charge on any atom is -0.496 e. The number of hydrogen-bond donors (Lipinski definition) is 1. The number of hydrogen-bond acceptors (Lipinski definition) is 4. The third-order valence-corrected chi connectivity index (χ3v) is 4.23. The Hall–Kier alpha value is -2.95. The number of methoxy groups -OCH3 is 2. The molecule has 1 atom stereocenters. The van der Waals surface area contributed by atoms with Crippen molar-refractivity contribution in [2.45, 2.75) is 19.9 Å². The van der Waals surface area contributed by atoms with E-state index in [0.29, 0.717) is 22.8 Å². The SMILES string of the molecule is COc1cc(C(=O)N[C@@H](C)c2cc3ccccc3o2)cc(OC)c1C. The Balaban J connectivity index is 1.83. The highest BCUT2D eigenvalue weighted by molar-refractivity contribution is 5.95. The first-order valence-corrected chi connectivity index (χ1v) is 8.05. The Kier molecular flexibility index (Phi) is 4.65. The van der Waals surface area contributed by atoms with Gasteiger partial charge in [0.1, 0.15) is 22.8 Å². The second kappa shape index (κ2) is 6.89. The number of carbonyl (C=O) groups is 1. The predicted molar refractivity (Wildman–Crippen MR) is 96.4 cm³/mol. The maximum Gasteiger partial charge on any atom is 0.252 e. The number of benzene rings is 2. The molecule has 3 rings (SSSR count). The van der Waals surface area contributed by atoms with Crippen molar-refractivity contribution >= 4 is 16.9 Å². The van der Waals surface area contributed by atoms with Gasteiger partial charge in [0.15, 0.2) is 0 Å². The van der Waals surface area contributed by atoms with Crippen LogP contribution in [0.1, 0.15) is 34.6 Å². The van der Waals surface area contributed by atoms with Crippen LogP contribution in [0.2, 0.25) is 0 Å². The fourth-order valence-corrected chi connectivity index (χ4v) is 2.78. The van der Waals surface area contributed by atoms with Crippen LogP contribution in [-0.4, -0.2) is 20.1 Å². The smallest absolute Gasteiger partial charge is 0.252 e. The largest absolute Gasteiger partial charge is 0.496 e. The van der Waals surface area contributed by atoms with E-state index in [4.69, 9.17) is 13.9 Å². The Labute approximate surface area is 146 Å². The molecule has 25 heavy (non-hydrogen) atoms. The third-order valence-electron chi connectivity index (χ3n) is 4.23. The Bertz CT molecular complexity index is 855. The topological polar surface area (TPSA) is 60.7 Å². The molecular weight excluding hydrogens is 318 g/mol. The van der Waals surface area contributed by atoms with Crippen LogP contribution in [0.25, 0.3) is 11.0 Å². The number of ether oxygens (including phenoxy) is 2. The molecule has 0 aliphatic rings. The number of rotatable bonds is 5. The van der Waals surface area contributed by atoms with E-state index < -0.39 is 0 Å². The zero-order valence-electron chi connectivity index (χ0n) is 14.8. The van der Waals surface area contributed by atoms with Crippen molar-refractivity contribution in [3.05, 3.63) is 59.4 Å². The first kappa shape index (κ1) is 16.9. The molecule has 0 saturated heterocycles. The van der Waals surface area contributed by atoms with Gasteiger partial charge in [-0.3, -0.25) is 4.79 Å². The van der Waals surface area contributed by atoms with Crippen molar-refractivity contribution in [3.63, 3.8) is 0 Å². The molecule has 0 unspecified atom stereocenters. The van der Waals surface area contributed by atoms with Gasteiger partial charge in [0.2, 0.25) is 0 Å². The summed E-state index contributed by atoms with van der Waals surface area (Å²) in [5.74, 6) is 1.71. The summed E-state index contributed by atoms with van der Waals surface area (Å²) in [7, 11) is 3.14. The molecule has 0 fully saturated rings. The average molecular weight is 339 g/mol. The Morgan fingerprint density at radius 3 is 2.32 bits per heavy atom. The van der Waals surface area contributed by atoms with E-state index in [1.165, 1.54) is 0 Å². The third kappa shape index (κ3) is 3.31. The summed E-state index contributed by atoms with van der Waals surface area (Å²) in [6, 6.07) is 12.8. The molecule has 0 spiro atoms. The van der Waals surface area contributed by atoms with E-state index in [2.05, 4.69) is 5.32 Å². The molecular formula is C20H21NO4. The maximum absolute atomic E-state index is 12.6. The van der Waals surface area contributed by atoms with E-state index >= 15 is 0 Å². The second-order valence-electron chi connectivity index (χ2n) is 5.89. The molecule has 130 valence electrons. The molecule has 1 aromatic heterocycles. The van der Waals surface area contributed by atoms with Gasteiger partial charge in [-0.05, 0) is 38.1 Å². The molecule has 5 nitrogen and oxygen atoms in total. The maximum atomic E-state index is 12.6. The Morgan fingerprint density at radius 1 is 1.08 bits per heavy atom. The van der Waals surface area contributed by atoms with Gasteiger partial charge in [0.05, 0.1) is 20.3 Å². The molecule has 0 radical (unpaired) electrons. The first-order valence-electron chi connectivity index (χ1n) is 8.05. The van der Waals surface area contributed by atoms with Gasteiger partial charge in [-0.25, -0.2) is 0 Å². The molecule has 3 aromatic rings. The van der Waals surface area contributed by atoms with Gasteiger partial charge in [-0.2, -0.15) is 0 Å². The number of furan rings is 1. The fourth-order valence-electron chi connectivity index (χ4n) is 2.78. The van der Waals surface area contributed by atoms with E-state index in [0.717, 1.165) is 16.5 Å². The van der Waals surface area contributed by atoms with Crippen molar-refractivity contribution in [1.29, 1.82) is 0 Å². The number of fused-ring (bicyclic) bond motifs is 1. The molecule has 0 saturated carbocycles. The molecule has 1 heterocycles. The number of amides is 1. The van der Waals surface area contributed by atoms with Crippen LogP contribution < -0.4 is 14.8 Å². The van der Waals surface area contributed by atoms with Gasteiger partial charge in [0, 0.05) is 16.5 Å². The van der Waals surface area contributed by atoms with Crippen LogP contribution in [0.3, 0.4) is 0 Å². The normalized spacial score (nSPS) is 12.0. The van der Waals surface area contributed by atoms with Crippen molar-refractivity contribution < 1.29 is 18.7 Å². The summed E-state index contributed by atoms with van der Waals surface area (Å²) in [4.78, 5) is 12.6. The lowest BCUT2D eigenvalue weighted by atomic mass is 10.1. The summed E-state index contributed by atoms with van der Waals surface area (Å²) in [5, 5.41) is 3.96. The highest BCUT2D eigenvalue weighted by atomic mass is 16.5. The first-order chi connectivity index (χ1) is 12.0. The number of nitrogens with one attached hydrogen (secondary N) is 1. The van der Waals surface area contributed by atoms with Crippen molar-refractivity contribution in [1.82, 2.24) is 5.32 Å². The molecule has 5 heteroatoms. The van der Waals surface area contributed by atoms with Crippen LogP contribution >= 0.6 is 0 Å². The van der Waals surface area contributed by atoms with Crippen molar-refractivity contribution in [3.8, 4) is 11.5 Å². The molecule has 0 aliphatic carbocycles. The van der Waals surface area contributed by atoms with Gasteiger partial charge in [-0.1, -0.05) is 18.2 Å². The fraction of sp³-hybridized carbons (Fsp3) is 0.250. The second-order valence-corrected chi connectivity index (χ2v) is 5.89. The van der Waals surface area contributed by atoms with E-state index in [9.17, 15) is 4.79 Å². The van der Waals surface area contributed by atoms with E-state index in [1.807, 2.05) is 44.2 Å². The van der Waals surface area contributed by atoms with Gasteiger partial charge >= 0.3 is 0 Å². The molecule has 1 amide bonds. The summed E-state index contributed by atoms with van der Waals surface area (Å²) >= 11 is 0. The zero-order valence-corrected chi connectivity index (χ0v) is 14.8. The monoisotopic (exact) mass is 339 g/mol. The van der Waals surface area contributed by atoms with Crippen molar-refractivity contribution in [2.24, 2.45) is 0 Å². The van der Waals surface area contributed by atoms with Gasteiger partial charge in [0.25, 0.3) is 5.91 Å². The molecule has 0 bridgehead atoms. The van der Waals surface area contributed by atoms with Crippen LogP contribution in [0.15, 0.2) is 46.9 Å². The van der Waals surface area contributed by atoms with Crippen LogP contribution in [0, 0.1) is 6.92 Å². The lowest BCUT2D eigenvalue weighted by molar-refractivity contribution is 0.0935. The van der Waals surface area contributed by atoms with Crippen LogP contribution in [0.4, 0.5) is 0 Å². The predicted octanol–water partition coefficient (Wildman–Crippen LogP) is 4.25. The molecule has 1 N–H and O–H groups in total. The number of para-hydroxylation sites is 1. The van der Waals surface area contributed by atoms with Gasteiger partial charge < -0.3 is 19.2 Å².